The lowest BCUT2D eigenvalue weighted by Gasteiger charge is -2.44. The first-order chi connectivity index (χ1) is 12.0. The van der Waals surface area contributed by atoms with Gasteiger partial charge in [-0.05, 0) is 30.0 Å². The van der Waals surface area contributed by atoms with E-state index in [9.17, 15) is 8.42 Å². The van der Waals surface area contributed by atoms with E-state index in [4.69, 9.17) is 0 Å². The lowest BCUT2D eigenvalue weighted by Crippen LogP contribution is -2.52. The number of hydrogen-bond acceptors (Lipinski definition) is 3. The molecule has 1 saturated heterocycles. The second-order valence-corrected chi connectivity index (χ2v) is 9.07. The van der Waals surface area contributed by atoms with Crippen LogP contribution in [0.2, 0.25) is 0 Å². The Balaban J connectivity index is 1.56. The maximum Gasteiger partial charge on any atom is 0.218 e. The highest BCUT2D eigenvalue weighted by Gasteiger charge is 2.36. The highest BCUT2D eigenvalue weighted by molar-refractivity contribution is 7.88. The predicted molar refractivity (Wildman–Crippen MR) is 99.8 cm³/mol. The average molecular weight is 356 g/mol. The molecule has 1 fully saturated rings. The molecule has 0 aliphatic carbocycles. The highest BCUT2D eigenvalue weighted by Crippen LogP contribution is 2.33. The summed E-state index contributed by atoms with van der Waals surface area (Å²) in [7, 11) is -3.30. The van der Waals surface area contributed by atoms with Gasteiger partial charge in [-0.15, -0.1) is 0 Å². The molecule has 2 aromatic carbocycles. The fourth-order valence-corrected chi connectivity index (χ4v) is 5.58. The first-order valence-corrected chi connectivity index (χ1v) is 10.5. The van der Waals surface area contributed by atoms with Crippen LogP contribution in [-0.2, 0) is 22.2 Å². The van der Waals surface area contributed by atoms with Crippen LogP contribution in [0, 0.1) is 6.92 Å². The molecule has 0 aromatic heterocycles. The molecule has 2 aromatic rings. The van der Waals surface area contributed by atoms with Gasteiger partial charge >= 0.3 is 0 Å². The van der Waals surface area contributed by atoms with Gasteiger partial charge in [0, 0.05) is 32.2 Å². The van der Waals surface area contributed by atoms with Crippen molar-refractivity contribution in [3.05, 3.63) is 70.8 Å². The predicted octanol–water partition coefficient (Wildman–Crippen LogP) is 2.74. The molecule has 4 nitrogen and oxygen atoms in total. The number of nitrogens with zero attached hydrogens (tertiary/aromatic N) is 2. The maximum absolute atomic E-state index is 13.0. The summed E-state index contributed by atoms with van der Waals surface area (Å²) >= 11 is 0. The van der Waals surface area contributed by atoms with Crippen molar-refractivity contribution in [3.63, 3.8) is 0 Å². The molecule has 0 saturated carbocycles. The summed E-state index contributed by atoms with van der Waals surface area (Å²) in [6.45, 7) is 4.98. The lowest BCUT2D eigenvalue weighted by atomic mass is 9.91. The zero-order chi connectivity index (χ0) is 17.4. The lowest BCUT2D eigenvalue weighted by molar-refractivity contribution is 0.109. The van der Waals surface area contributed by atoms with E-state index in [0.29, 0.717) is 13.1 Å². The van der Waals surface area contributed by atoms with Crippen molar-refractivity contribution in [2.45, 2.75) is 25.1 Å². The van der Waals surface area contributed by atoms with Crippen LogP contribution in [0.15, 0.2) is 48.5 Å². The van der Waals surface area contributed by atoms with Gasteiger partial charge in [0.15, 0.2) is 0 Å². The Labute approximate surface area is 150 Å². The molecular weight excluding hydrogens is 332 g/mol. The molecule has 0 bridgehead atoms. The van der Waals surface area contributed by atoms with E-state index in [1.165, 1.54) is 11.1 Å². The summed E-state index contributed by atoms with van der Waals surface area (Å²) in [5.74, 6) is 0.0864. The molecule has 0 N–H and O–H groups in total. The standard InChI is InChI=1S/C20H24N2O2S/c1-16-5-4-6-17(13-16)15-25(23,24)22-12-11-21-10-9-18-7-2-3-8-19(18)20(21)14-22/h2-8,13,20H,9-12,14-15H2,1H3. The number of rotatable bonds is 3. The van der Waals surface area contributed by atoms with Gasteiger partial charge in [0.25, 0.3) is 0 Å². The topological polar surface area (TPSA) is 40.6 Å². The first-order valence-electron chi connectivity index (χ1n) is 8.88. The zero-order valence-corrected chi connectivity index (χ0v) is 15.4. The van der Waals surface area contributed by atoms with Crippen molar-refractivity contribution in [2.75, 3.05) is 26.2 Å². The van der Waals surface area contributed by atoms with Gasteiger partial charge in [0.05, 0.1) is 5.75 Å². The van der Waals surface area contributed by atoms with Crippen molar-refractivity contribution in [1.29, 1.82) is 0 Å². The Kier molecular flexibility index (Phi) is 4.40. The number of aryl methyl sites for hydroxylation is 1. The van der Waals surface area contributed by atoms with E-state index in [1.807, 2.05) is 31.2 Å². The van der Waals surface area contributed by atoms with Crippen molar-refractivity contribution >= 4 is 10.0 Å². The van der Waals surface area contributed by atoms with Crippen LogP contribution in [0.25, 0.3) is 0 Å². The van der Waals surface area contributed by atoms with Crippen molar-refractivity contribution < 1.29 is 8.42 Å². The van der Waals surface area contributed by atoms with E-state index in [0.717, 1.165) is 30.6 Å². The number of hydrogen-bond donors (Lipinski definition) is 0. The molecule has 5 heteroatoms. The quantitative estimate of drug-likeness (QED) is 0.849. The van der Waals surface area contributed by atoms with E-state index in [-0.39, 0.29) is 11.8 Å². The Morgan fingerprint density at radius 3 is 2.72 bits per heavy atom. The highest BCUT2D eigenvalue weighted by atomic mass is 32.2. The van der Waals surface area contributed by atoms with Gasteiger partial charge in [0.2, 0.25) is 10.0 Å². The van der Waals surface area contributed by atoms with Gasteiger partial charge < -0.3 is 0 Å². The van der Waals surface area contributed by atoms with Crippen LogP contribution in [0.5, 0.6) is 0 Å². The monoisotopic (exact) mass is 356 g/mol. The van der Waals surface area contributed by atoms with Crippen molar-refractivity contribution in [3.8, 4) is 0 Å². The van der Waals surface area contributed by atoms with Crippen LogP contribution in [0.1, 0.15) is 28.3 Å². The van der Waals surface area contributed by atoms with E-state index in [1.54, 1.807) is 4.31 Å². The zero-order valence-electron chi connectivity index (χ0n) is 14.6. The minimum atomic E-state index is -3.30. The minimum Gasteiger partial charge on any atom is -0.293 e. The van der Waals surface area contributed by atoms with Gasteiger partial charge in [-0.2, -0.15) is 4.31 Å². The fourth-order valence-electron chi connectivity index (χ4n) is 4.07. The van der Waals surface area contributed by atoms with Gasteiger partial charge in [-0.1, -0.05) is 54.1 Å². The SMILES string of the molecule is Cc1cccc(CS(=O)(=O)N2CCN3CCc4ccccc4C3C2)c1. The Morgan fingerprint density at radius 1 is 1.04 bits per heavy atom. The van der Waals surface area contributed by atoms with E-state index < -0.39 is 10.0 Å². The molecule has 4 rings (SSSR count). The van der Waals surface area contributed by atoms with E-state index >= 15 is 0 Å². The number of fused-ring (bicyclic) bond motifs is 3. The molecule has 25 heavy (non-hydrogen) atoms. The normalized spacial score (nSPS) is 21.6. The Hall–Kier alpha value is -1.69. The third kappa shape index (κ3) is 3.36. The van der Waals surface area contributed by atoms with Crippen molar-refractivity contribution in [1.82, 2.24) is 9.21 Å². The summed E-state index contributed by atoms with van der Waals surface area (Å²) in [6.07, 6.45) is 1.06. The minimum absolute atomic E-state index is 0.0864. The fraction of sp³-hybridized carbons (Fsp3) is 0.400. The second kappa shape index (κ2) is 6.56. The summed E-state index contributed by atoms with van der Waals surface area (Å²) in [5, 5.41) is 0. The molecule has 0 spiro atoms. The summed E-state index contributed by atoms with van der Waals surface area (Å²) < 4.78 is 27.6. The largest absolute Gasteiger partial charge is 0.293 e. The molecule has 132 valence electrons. The molecule has 1 unspecified atom stereocenters. The Morgan fingerprint density at radius 2 is 1.88 bits per heavy atom. The summed E-state index contributed by atoms with van der Waals surface area (Å²) in [6, 6.07) is 16.4. The number of piperazine rings is 1. The number of sulfonamides is 1. The molecule has 2 aliphatic rings. The van der Waals surface area contributed by atoms with Gasteiger partial charge in [-0.25, -0.2) is 8.42 Å². The van der Waals surface area contributed by atoms with Crippen LogP contribution >= 0.6 is 0 Å². The average Bonchev–Trinajstić information content (AvgIpc) is 2.61. The van der Waals surface area contributed by atoms with Gasteiger partial charge in [0.1, 0.15) is 0 Å². The van der Waals surface area contributed by atoms with Crippen LogP contribution < -0.4 is 0 Å². The molecule has 1 atom stereocenters. The summed E-state index contributed by atoms with van der Waals surface area (Å²) in [4.78, 5) is 2.43. The smallest absolute Gasteiger partial charge is 0.218 e. The molecular formula is C20H24N2O2S. The molecule has 0 radical (unpaired) electrons. The maximum atomic E-state index is 13.0. The third-order valence-corrected chi connectivity index (χ3v) is 7.18. The van der Waals surface area contributed by atoms with Crippen LogP contribution in [0.3, 0.4) is 0 Å². The third-order valence-electron chi connectivity index (χ3n) is 5.36. The molecule has 2 heterocycles. The molecule has 0 amide bonds. The molecule has 2 aliphatic heterocycles. The second-order valence-electron chi connectivity index (χ2n) is 7.10. The summed E-state index contributed by atoms with van der Waals surface area (Å²) in [5.41, 5.74) is 4.62. The van der Waals surface area contributed by atoms with Crippen molar-refractivity contribution in [2.24, 2.45) is 0 Å². The van der Waals surface area contributed by atoms with Crippen LogP contribution in [0.4, 0.5) is 0 Å². The first kappa shape index (κ1) is 16.8. The number of benzene rings is 2. The van der Waals surface area contributed by atoms with Gasteiger partial charge in [-0.3, -0.25) is 4.90 Å². The van der Waals surface area contributed by atoms with Crippen LogP contribution in [-0.4, -0.2) is 43.8 Å². The van der Waals surface area contributed by atoms with E-state index in [2.05, 4.69) is 29.2 Å². The Bertz CT molecular complexity index is 879.